The number of ketones is 1. The number of pyridine rings is 1. The van der Waals surface area contributed by atoms with Crippen molar-refractivity contribution in [2.45, 2.75) is 18.9 Å². The first-order chi connectivity index (χ1) is 16.2. The highest BCUT2D eigenvalue weighted by Gasteiger charge is 2.14. The molecule has 0 aliphatic rings. The normalized spacial score (nSPS) is 11.8. The second-order valence-corrected chi connectivity index (χ2v) is 7.99. The summed E-state index contributed by atoms with van der Waals surface area (Å²) >= 11 is 0. The average Bonchev–Trinajstić information content (AvgIpc) is 2.87. The quantitative estimate of drug-likeness (QED) is 0.360. The Morgan fingerprint density at radius 1 is 0.788 bits per heavy atom. The number of carbonyl (C=O) groups excluding carboxylic acids is 2. The molecule has 0 unspecified atom stereocenters. The number of Topliss-reactive ketones (excluding diaryl/α,β-unsaturated/α-hetero) is 1. The fraction of sp³-hybridized carbons (Fsp3) is 0.179. The summed E-state index contributed by atoms with van der Waals surface area (Å²) in [4.78, 5) is 29.6. The minimum absolute atomic E-state index is 0.0462. The highest BCUT2D eigenvalue weighted by atomic mass is 16.2. The van der Waals surface area contributed by atoms with Crippen LogP contribution in [-0.2, 0) is 6.42 Å². The predicted molar refractivity (Wildman–Crippen MR) is 131 cm³/mol. The Hall–Kier alpha value is -3.83. The van der Waals surface area contributed by atoms with Crippen molar-refractivity contribution in [3.63, 3.8) is 0 Å². The molecule has 0 radical (unpaired) electrons. The number of rotatable bonds is 10. The molecule has 0 saturated heterocycles. The van der Waals surface area contributed by atoms with Gasteiger partial charge in [-0.2, -0.15) is 0 Å². The average molecular weight is 438 g/mol. The van der Waals surface area contributed by atoms with Crippen LogP contribution in [0.1, 0.15) is 32.8 Å². The summed E-state index contributed by atoms with van der Waals surface area (Å²) in [5.41, 5.74) is 3.08. The number of nitrogens with zero attached hydrogens (tertiary/aromatic N) is 1. The Labute approximate surface area is 193 Å². The topological polar surface area (TPSA) is 71.1 Å². The van der Waals surface area contributed by atoms with E-state index in [1.54, 1.807) is 6.07 Å². The van der Waals surface area contributed by atoms with E-state index >= 15 is 0 Å². The lowest BCUT2D eigenvalue weighted by molar-refractivity contribution is 0.0942. The first kappa shape index (κ1) is 22.4. The van der Waals surface area contributed by atoms with Crippen molar-refractivity contribution in [1.29, 1.82) is 0 Å². The van der Waals surface area contributed by atoms with Crippen LogP contribution in [0, 0.1) is 0 Å². The molecule has 0 aliphatic heterocycles. The maximum atomic E-state index is 12.6. The van der Waals surface area contributed by atoms with Crippen LogP contribution >= 0.6 is 0 Å². The molecule has 0 aliphatic carbocycles. The van der Waals surface area contributed by atoms with Gasteiger partial charge in [0.25, 0.3) is 5.91 Å². The van der Waals surface area contributed by atoms with Crippen molar-refractivity contribution in [2.75, 3.05) is 13.1 Å². The van der Waals surface area contributed by atoms with Crippen LogP contribution in [0.5, 0.6) is 0 Å². The number of para-hydroxylation sites is 1. The number of hydrogen-bond acceptors (Lipinski definition) is 4. The summed E-state index contributed by atoms with van der Waals surface area (Å²) < 4.78 is 0. The molecule has 5 nitrogen and oxygen atoms in total. The zero-order chi connectivity index (χ0) is 22.9. The molecule has 5 heteroatoms. The van der Waals surface area contributed by atoms with Crippen LogP contribution in [0.4, 0.5) is 0 Å². The number of benzene rings is 3. The Balaban J connectivity index is 1.35. The van der Waals surface area contributed by atoms with E-state index in [2.05, 4.69) is 27.8 Å². The van der Waals surface area contributed by atoms with E-state index < -0.39 is 0 Å². The number of aromatic nitrogens is 1. The van der Waals surface area contributed by atoms with Gasteiger partial charge < -0.3 is 10.6 Å². The number of nitrogens with one attached hydrogen (secondary N) is 2. The minimum atomic E-state index is -0.195. The predicted octanol–water partition coefficient (Wildman–Crippen LogP) is 4.44. The number of hydrogen-bond donors (Lipinski definition) is 2. The molecule has 0 fully saturated rings. The summed E-state index contributed by atoms with van der Waals surface area (Å²) in [6.45, 7) is 0.735. The van der Waals surface area contributed by atoms with Crippen molar-refractivity contribution in [3.8, 4) is 0 Å². The molecule has 0 bridgehead atoms. The van der Waals surface area contributed by atoms with E-state index in [-0.39, 0.29) is 24.3 Å². The second-order valence-electron chi connectivity index (χ2n) is 7.99. The molecule has 0 spiro atoms. The van der Waals surface area contributed by atoms with Crippen molar-refractivity contribution >= 4 is 22.6 Å². The van der Waals surface area contributed by atoms with Gasteiger partial charge >= 0.3 is 0 Å². The zero-order valence-electron chi connectivity index (χ0n) is 18.4. The first-order valence-corrected chi connectivity index (χ1v) is 11.2. The first-order valence-electron chi connectivity index (χ1n) is 11.2. The van der Waals surface area contributed by atoms with Crippen molar-refractivity contribution in [3.05, 3.63) is 114 Å². The van der Waals surface area contributed by atoms with Gasteiger partial charge in [-0.05, 0) is 30.5 Å². The van der Waals surface area contributed by atoms with E-state index in [1.165, 1.54) is 5.56 Å². The Morgan fingerprint density at radius 3 is 2.27 bits per heavy atom. The van der Waals surface area contributed by atoms with E-state index in [0.717, 1.165) is 17.3 Å². The Bertz CT molecular complexity index is 1210. The third-order valence-electron chi connectivity index (χ3n) is 5.58. The number of fused-ring (bicyclic) bond motifs is 1. The molecule has 1 heterocycles. The minimum Gasteiger partial charge on any atom is -0.351 e. The third kappa shape index (κ3) is 6.34. The van der Waals surface area contributed by atoms with Gasteiger partial charge in [-0.3, -0.25) is 9.59 Å². The van der Waals surface area contributed by atoms with Gasteiger partial charge in [-0.1, -0.05) is 84.9 Å². The summed E-state index contributed by atoms with van der Waals surface area (Å²) in [5, 5.41) is 7.36. The molecule has 4 aromatic rings. The molecule has 1 atom stereocenters. The molecule has 4 rings (SSSR count). The molecule has 1 amide bonds. The van der Waals surface area contributed by atoms with Crippen LogP contribution < -0.4 is 10.6 Å². The number of amides is 1. The lowest BCUT2D eigenvalue weighted by Gasteiger charge is -2.19. The van der Waals surface area contributed by atoms with E-state index in [0.29, 0.717) is 24.2 Å². The Morgan fingerprint density at radius 2 is 1.48 bits per heavy atom. The number of carbonyl (C=O) groups is 2. The molecule has 2 N–H and O–H groups in total. The van der Waals surface area contributed by atoms with E-state index in [4.69, 9.17) is 0 Å². The molecule has 166 valence electrons. The zero-order valence-corrected chi connectivity index (χ0v) is 18.4. The highest BCUT2D eigenvalue weighted by Crippen LogP contribution is 2.12. The molecular weight excluding hydrogens is 410 g/mol. The van der Waals surface area contributed by atoms with Crippen molar-refractivity contribution in [1.82, 2.24) is 15.6 Å². The van der Waals surface area contributed by atoms with Gasteiger partial charge in [0.05, 0.1) is 12.1 Å². The second kappa shape index (κ2) is 11.2. The third-order valence-corrected chi connectivity index (χ3v) is 5.58. The van der Waals surface area contributed by atoms with Gasteiger partial charge in [0.2, 0.25) is 0 Å². The van der Waals surface area contributed by atoms with Crippen LogP contribution in [0.15, 0.2) is 97.1 Å². The lowest BCUT2D eigenvalue weighted by Crippen LogP contribution is -2.38. The van der Waals surface area contributed by atoms with Crippen LogP contribution in [0.25, 0.3) is 10.9 Å². The molecule has 3 aromatic carbocycles. The smallest absolute Gasteiger partial charge is 0.269 e. The highest BCUT2D eigenvalue weighted by molar-refractivity contribution is 5.97. The van der Waals surface area contributed by atoms with Crippen molar-refractivity contribution < 1.29 is 9.59 Å². The summed E-state index contributed by atoms with van der Waals surface area (Å²) in [6, 6.07) is 30.9. The summed E-state index contributed by atoms with van der Waals surface area (Å²) in [7, 11) is 0. The maximum Gasteiger partial charge on any atom is 0.269 e. The lowest BCUT2D eigenvalue weighted by atomic mass is 10.0. The van der Waals surface area contributed by atoms with Gasteiger partial charge in [0.1, 0.15) is 5.69 Å². The summed E-state index contributed by atoms with van der Waals surface area (Å²) in [6.07, 6.45) is 1.46. The maximum absolute atomic E-state index is 12.6. The summed E-state index contributed by atoms with van der Waals surface area (Å²) in [5.74, 6) is -0.141. The standard InChI is InChI=1S/C28H27N3O2/c32-27(23-12-5-2-6-13-23)20-30-24(19-21-9-3-1-4-10-21)17-18-29-28(33)26-16-15-22-11-7-8-14-25(22)31-26/h1-16,24,30H,17-20H2,(H,29,33)/t24-/m1/s1. The van der Waals surface area contributed by atoms with Crippen LogP contribution in [0.3, 0.4) is 0 Å². The fourth-order valence-electron chi connectivity index (χ4n) is 3.78. The van der Waals surface area contributed by atoms with Gasteiger partial charge in [0.15, 0.2) is 5.78 Å². The monoisotopic (exact) mass is 437 g/mol. The van der Waals surface area contributed by atoms with Crippen molar-refractivity contribution in [2.24, 2.45) is 0 Å². The van der Waals surface area contributed by atoms with E-state index in [1.807, 2.05) is 78.9 Å². The molecular formula is C28H27N3O2. The van der Waals surface area contributed by atoms with Gasteiger partial charge in [0, 0.05) is 23.5 Å². The SMILES string of the molecule is O=C(CN[C@H](CCNC(=O)c1ccc2ccccc2n1)Cc1ccccc1)c1ccccc1. The largest absolute Gasteiger partial charge is 0.351 e. The molecule has 33 heavy (non-hydrogen) atoms. The molecule has 1 aromatic heterocycles. The van der Waals surface area contributed by atoms with E-state index in [9.17, 15) is 9.59 Å². The van der Waals surface area contributed by atoms with Crippen LogP contribution in [0.2, 0.25) is 0 Å². The molecule has 0 saturated carbocycles. The van der Waals surface area contributed by atoms with Crippen LogP contribution in [-0.4, -0.2) is 35.8 Å². The fourth-order valence-corrected chi connectivity index (χ4v) is 3.78. The van der Waals surface area contributed by atoms with Gasteiger partial charge in [-0.15, -0.1) is 0 Å². The van der Waals surface area contributed by atoms with Gasteiger partial charge in [-0.25, -0.2) is 4.98 Å². The Kier molecular flexibility index (Phi) is 7.56.